The van der Waals surface area contributed by atoms with Gasteiger partial charge in [0.2, 0.25) is 0 Å². The van der Waals surface area contributed by atoms with E-state index in [1.165, 1.54) is 25.7 Å². The van der Waals surface area contributed by atoms with Gasteiger partial charge in [-0.15, -0.1) is 0 Å². The van der Waals surface area contributed by atoms with Gasteiger partial charge in [-0.1, -0.05) is 0 Å². The third kappa shape index (κ3) is 2.20. The number of hydrogen-bond acceptors (Lipinski definition) is 4. The first-order valence-corrected chi connectivity index (χ1v) is 7.27. The normalized spacial score (nSPS) is 21.3. The molecule has 4 rings (SSSR count). The molecule has 2 fully saturated rings. The summed E-state index contributed by atoms with van der Waals surface area (Å²) < 4.78 is 11.3. The van der Waals surface area contributed by atoms with Gasteiger partial charge >= 0.3 is 0 Å². The minimum absolute atomic E-state index is 0.611. The summed E-state index contributed by atoms with van der Waals surface area (Å²) in [4.78, 5) is 2.49. The minimum Gasteiger partial charge on any atom is -0.486 e. The molecule has 0 bridgehead atoms. The highest BCUT2D eigenvalue weighted by Crippen LogP contribution is 2.44. The molecular formula is C15H20N2O2. The van der Waals surface area contributed by atoms with Crippen LogP contribution in [0.2, 0.25) is 0 Å². The third-order valence-corrected chi connectivity index (χ3v) is 4.14. The van der Waals surface area contributed by atoms with Gasteiger partial charge < -0.3 is 20.1 Å². The topological polar surface area (TPSA) is 47.7 Å². The zero-order chi connectivity index (χ0) is 12.8. The fourth-order valence-electron chi connectivity index (χ4n) is 2.75. The van der Waals surface area contributed by atoms with Crippen LogP contribution in [0.4, 0.5) is 11.4 Å². The first-order valence-electron chi connectivity index (χ1n) is 7.27. The Hall–Kier alpha value is -1.58. The molecule has 0 saturated heterocycles. The lowest BCUT2D eigenvalue weighted by Crippen LogP contribution is -2.29. The van der Waals surface area contributed by atoms with Crippen molar-refractivity contribution in [1.82, 2.24) is 0 Å². The Kier molecular flexibility index (Phi) is 2.50. The van der Waals surface area contributed by atoms with Gasteiger partial charge in [0.25, 0.3) is 0 Å². The van der Waals surface area contributed by atoms with E-state index >= 15 is 0 Å². The highest BCUT2D eigenvalue weighted by molar-refractivity contribution is 5.74. The maximum Gasteiger partial charge on any atom is 0.163 e. The molecule has 2 saturated carbocycles. The van der Waals surface area contributed by atoms with Crippen molar-refractivity contribution in [2.24, 2.45) is 5.92 Å². The molecule has 0 amide bonds. The van der Waals surface area contributed by atoms with Gasteiger partial charge in [-0.05, 0) is 31.6 Å². The summed E-state index contributed by atoms with van der Waals surface area (Å²) in [7, 11) is 0. The zero-order valence-electron chi connectivity index (χ0n) is 11.1. The number of fused-ring (bicyclic) bond motifs is 1. The number of anilines is 2. The van der Waals surface area contributed by atoms with E-state index in [-0.39, 0.29) is 0 Å². The predicted molar refractivity (Wildman–Crippen MR) is 74.9 cm³/mol. The van der Waals surface area contributed by atoms with Crippen molar-refractivity contribution < 1.29 is 9.47 Å². The molecule has 1 aromatic rings. The highest BCUT2D eigenvalue weighted by atomic mass is 16.6. The summed E-state index contributed by atoms with van der Waals surface area (Å²) in [5, 5.41) is 0. The van der Waals surface area contributed by atoms with Crippen LogP contribution < -0.4 is 20.1 Å². The molecule has 0 radical (unpaired) electrons. The number of ether oxygens (including phenoxy) is 2. The third-order valence-electron chi connectivity index (χ3n) is 4.14. The average molecular weight is 260 g/mol. The van der Waals surface area contributed by atoms with Crippen LogP contribution in [0.15, 0.2) is 12.1 Å². The minimum atomic E-state index is 0.611. The standard InChI is InChI=1S/C15H20N2O2/c16-12-7-14-15(19-6-5-18-14)8-13(12)17(11-3-4-11)9-10-1-2-10/h7-8,10-11H,1-6,9,16H2. The van der Waals surface area contributed by atoms with Gasteiger partial charge in [0, 0.05) is 24.7 Å². The van der Waals surface area contributed by atoms with Gasteiger partial charge in [-0.3, -0.25) is 0 Å². The van der Waals surface area contributed by atoms with E-state index < -0.39 is 0 Å². The van der Waals surface area contributed by atoms with Crippen LogP contribution in [0, 0.1) is 5.92 Å². The van der Waals surface area contributed by atoms with Crippen LogP contribution in [0.3, 0.4) is 0 Å². The van der Waals surface area contributed by atoms with Crippen molar-refractivity contribution in [3.63, 3.8) is 0 Å². The second-order valence-electron chi connectivity index (χ2n) is 5.88. The van der Waals surface area contributed by atoms with Crippen LogP contribution in [0.25, 0.3) is 0 Å². The smallest absolute Gasteiger partial charge is 0.163 e. The van der Waals surface area contributed by atoms with Gasteiger partial charge in [-0.2, -0.15) is 0 Å². The van der Waals surface area contributed by atoms with Gasteiger partial charge in [-0.25, -0.2) is 0 Å². The second kappa shape index (κ2) is 4.22. The van der Waals surface area contributed by atoms with E-state index in [0.29, 0.717) is 19.3 Å². The van der Waals surface area contributed by atoms with Crippen LogP contribution >= 0.6 is 0 Å². The van der Waals surface area contributed by atoms with Crippen molar-refractivity contribution in [3.05, 3.63) is 12.1 Å². The SMILES string of the molecule is Nc1cc2c(cc1N(CC1CC1)C1CC1)OCCO2. The number of hydrogen-bond donors (Lipinski definition) is 1. The first-order chi connectivity index (χ1) is 9.31. The first kappa shape index (κ1) is 11.3. The van der Waals surface area contributed by atoms with Crippen molar-refractivity contribution in [3.8, 4) is 11.5 Å². The number of benzene rings is 1. The second-order valence-corrected chi connectivity index (χ2v) is 5.88. The van der Waals surface area contributed by atoms with Crippen LogP contribution in [0.5, 0.6) is 11.5 Å². The Morgan fingerprint density at radius 3 is 2.37 bits per heavy atom. The quantitative estimate of drug-likeness (QED) is 0.845. The lowest BCUT2D eigenvalue weighted by Gasteiger charge is -2.28. The average Bonchev–Trinajstić information content (AvgIpc) is 3.27. The van der Waals surface area contributed by atoms with E-state index in [2.05, 4.69) is 11.0 Å². The number of nitrogens with two attached hydrogens (primary N) is 1. The molecule has 19 heavy (non-hydrogen) atoms. The molecule has 0 spiro atoms. The Labute approximate surface area is 113 Å². The lowest BCUT2D eigenvalue weighted by molar-refractivity contribution is 0.172. The van der Waals surface area contributed by atoms with E-state index in [4.69, 9.17) is 15.2 Å². The molecule has 4 heteroatoms. The van der Waals surface area contributed by atoms with Crippen LogP contribution in [0.1, 0.15) is 25.7 Å². The monoisotopic (exact) mass is 260 g/mol. The zero-order valence-corrected chi connectivity index (χ0v) is 11.1. The number of nitrogens with zero attached hydrogens (tertiary/aromatic N) is 1. The highest BCUT2D eigenvalue weighted by Gasteiger charge is 2.35. The molecule has 1 aromatic carbocycles. The van der Waals surface area contributed by atoms with Gasteiger partial charge in [0.05, 0.1) is 11.4 Å². The van der Waals surface area contributed by atoms with Crippen LogP contribution in [-0.2, 0) is 0 Å². The fourth-order valence-corrected chi connectivity index (χ4v) is 2.75. The lowest BCUT2D eigenvalue weighted by atomic mass is 10.2. The van der Waals surface area contributed by atoms with E-state index in [0.717, 1.165) is 35.3 Å². The number of nitrogen functional groups attached to an aromatic ring is 1. The Morgan fingerprint density at radius 2 is 1.74 bits per heavy atom. The maximum atomic E-state index is 6.23. The summed E-state index contributed by atoms with van der Waals surface area (Å²) in [5.41, 5.74) is 8.18. The Morgan fingerprint density at radius 1 is 1.05 bits per heavy atom. The predicted octanol–water partition coefficient (Wildman–Crippen LogP) is 2.42. The molecule has 2 aliphatic carbocycles. The van der Waals surface area contributed by atoms with Gasteiger partial charge in [0.15, 0.2) is 11.5 Å². The summed E-state index contributed by atoms with van der Waals surface area (Å²) in [6.45, 7) is 2.39. The molecule has 0 atom stereocenters. The van der Waals surface area contributed by atoms with Crippen molar-refractivity contribution >= 4 is 11.4 Å². The molecule has 0 unspecified atom stereocenters. The Balaban J connectivity index is 1.67. The fraction of sp³-hybridized carbons (Fsp3) is 0.600. The van der Waals surface area contributed by atoms with Crippen molar-refractivity contribution in [2.75, 3.05) is 30.4 Å². The van der Waals surface area contributed by atoms with E-state index in [1.807, 2.05) is 6.07 Å². The summed E-state index contributed by atoms with van der Waals surface area (Å²) in [6, 6.07) is 4.68. The molecule has 3 aliphatic rings. The van der Waals surface area contributed by atoms with Crippen molar-refractivity contribution in [1.29, 1.82) is 0 Å². The molecule has 2 N–H and O–H groups in total. The van der Waals surface area contributed by atoms with Crippen LogP contribution in [-0.4, -0.2) is 25.8 Å². The molecule has 1 aliphatic heterocycles. The largest absolute Gasteiger partial charge is 0.486 e. The molecule has 0 aromatic heterocycles. The summed E-state index contributed by atoms with van der Waals surface area (Å²) in [6.07, 6.45) is 5.32. The van der Waals surface area contributed by atoms with Gasteiger partial charge in [0.1, 0.15) is 13.2 Å². The molecule has 1 heterocycles. The Bertz CT molecular complexity index is 495. The van der Waals surface area contributed by atoms with E-state index in [9.17, 15) is 0 Å². The molecule has 4 nitrogen and oxygen atoms in total. The van der Waals surface area contributed by atoms with E-state index in [1.54, 1.807) is 0 Å². The summed E-state index contributed by atoms with van der Waals surface area (Å²) in [5.74, 6) is 2.50. The number of rotatable bonds is 4. The summed E-state index contributed by atoms with van der Waals surface area (Å²) >= 11 is 0. The molecule has 102 valence electrons. The van der Waals surface area contributed by atoms with Crippen molar-refractivity contribution in [2.45, 2.75) is 31.7 Å². The molecular weight excluding hydrogens is 240 g/mol. The maximum absolute atomic E-state index is 6.23.